The quantitative estimate of drug-likeness (QED) is 0.355. The predicted octanol–water partition coefficient (Wildman–Crippen LogP) is 1.46. The minimum Gasteiger partial charge on any atom is -0.153 e. The molecule has 0 aromatic carbocycles. The normalized spacial score (nSPS) is 4.50. The highest BCUT2D eigenvalue weighted by Gasteiger charge is 1.38. The van der Waals surface area contributed by atoms with E-state index in [-0.39, 0.29) is 9.90 Å². The van der Waals surface area contributed by atoms with Gasteiger partial charge in [-0.1, -0.05) is 22.9 Å². The third-order valence-electron chi connectivity index (χ3n) is 0. The van der Waals surface area contributed by atoms with E-state index in [4.69, 9.17) is 0 Å². The molecule has 0 N–H and O–H groups in total. The highest BCUT2D eigenvalue weighted by molar-refractivity contribution is 9.09. The second-order valence-electron chi connectivity index (χ2n) is 0.267. The average Bonchev–Trinajstić information content (AvgIpc) is 0.918. The number of rotatable bonds is 0. The first-order chi connectivity index (χ1) is 1.41. The summed E-state index contributed by atoms with van der Waals surface area (Å²) in [4.78, 5) is 0. The average molecular weight is 143 g/mol. The molecule has 0 saturated carbocycles. The molecular weight excluding hydrogens is 135 g/mol. The van der Waals surface area contributed by atoms with Gasteiger partial charge in [0, 0.05) is 5.33 Å². The molecule has 28 valence electrons. The Hall–Kier alpha value is 0.910. The molecule has 2 heteroatoms. The molecule has 0 bridgehead atoms. The van der Waals surface area contributed by atoms with Crippen LogP contribution < -0.4 is 0 Å². The number of alkyl halides is 1. The van der Waals surface area contributed by atoms with Crippen molar-refractivity contribution >= 4 is 25.8 Å². The van der Waals surface area contributed by atoms with E-state index < -0.39 is 0 Å². The molecule has 0 spiro atoms. The number of hydrogen-bond donors (Lipinski definition) is 0. The highest BCUT2D eigenvalue weighted by atomic mass is 79.9. The van der Waals surface area contributed by atoms with Crippen LogP contribution in [0.1, 0.15) is 6.92 Å². The van der Waals surface area contributed by atoms with Gasteiger partial charge in [-0.05, 0) is 0 Å². The van der Waals surface area contributed by atoms with Crippen molar-refractivity contribution in [3.05, 3.63) is 0 Å². The first-order valence-corrected chi connectivity index (χ1v) is 2.10. The maximum Gasteiger partial charge on any atom is 0.000281 e. The molecule has 0 aromatic heterocycles. The zero-order valence-corrected chi connectivity index (χ0v) is 5.79. The van der Waals surface area contributed by atoms with Crippen molar-refractivity contribution in [2.75, 3.05) is 5.33 Å². The van der Waals surface area contributed by atoms with E-state index in [0.717, 1.165) is 5.33 Å². The topological polar surface area (TPSA) is 0 Å². The number of hydrogen-bond acceptors (Lipinski definition) is 0. The van der Waals surface area contributed by atoms with Gasteiger partial charge in [0.2, 0.25) is 0 Å². The predicted molar refractivity (Wildman–Crippen MR) is 30.6 cm³/mol. The Kier molecular flexibility index (Phi) is 20.1. The van der Waals surface area contributed by atoms with Gasteiger partial charge in [0.15, 0.2) is 0 Å². The summed E-state index contributed by atoms with van der Waals surface area (Å²) in [5.74, 6) is 0. The lowest BCUT2D eigenvalue weighted by Gasteiger charge is -1.45. The summed E-state index contributed by atoms with van der Waals surface area (Å²) in [5, 5.41) is 1.06. The van der Waals surface area contributed by atoms with Crippen molar-refractivity contribution in [3.8, 4) is 0 Å². The van der Waals surface area contributed by atoms with Crippen LogP contribution in [0.5, 0.6) is 0 Å². The largest absolute Gasteiger partial charge is 0.153 e. The lowest BCUT2D eigenvalue weighted by Crippen LogP contribution is -1.34. The van der Waals surface area contributed by atoms with Crippen LogP contribution >= 0.6 is 25.8 Å². The standard InChI is InChI=1S/C2H5Br.H3P/c1-2-3;/h2H2,1H3;1H3. The maximum atomic E-state index is 3.15. The van der Waals surface area contributed by atoms with Gasteiger partial charge in [0.25, 0.3) is 0 Å². The summed E-state index contributed by atoms with van der Waals surface area (Å²) in [6, 6.07) is 0. The molecule has 0 aromatic rings. The van der Waals surface area contributed by atoms with Gasteiger partial charge in [-0.25, -0.2) is 0 Å². The molecule has 0 amide bonds. The second-order valence-corrected chi connectivity index (χ2v) is 1.39. The van der Waals surface area contributed by atoms with Crippen molar-refractivity contribution in [1.29, 1.82) is 0 Å². The van der Waals surface area contributed by atoms with Gasteiger partial charge in [0.05, 0.1) is 0 Å². The molecule has 4 heavy (non-hydrogen) atoms. The Morgan fingerprint density at radius 1 is 1.75 bits per heavy atom. The van der Waals surface area contributed by atoms with E-state index in [9.17, 15) is 0 Å². The maximum absolute atomic E-state index is 3.15. The summed E-state index contributed by atoms with van der Waals surface area (Å²) in [5.41, 5.74) is 0. The molecule has 1 unspecified atom stereocenters. The molecule has 0 aliphatic heterocycles. The van der Waals surface area contributed by atoms with E-state index in [1.54, 1.807) is 0 Å². The SMILES string of the molecule is CCBr.P. The van der Waals surface area contributed by atoms with Crippen LogP contribution in [0, 0.1) is 0 Å². The van der Waals surface area contributed by atoms with Crippen LogP contribution in [-0.4, -0.2) is 5.33 Å². The summed E-state index contributed by atoms with van der Waals surface area (Å²) >= 11 is 3.15. The Labute approximate surface area is 38.7 Å². The number of halogens is 1. The molecule has 0 radical (unpaired) electrons. The molecule has 0 aliphatic rings. The molecule has 0 nitrogen and oxygen atoms in total. The molecule has 0 fully saturated rings. The lowest BCUT2D eigenvalue weighted by molar-refractivity contribution is 1.56. The van der Waals surface area contributed by atoms with Gasteiger partial charge >= 0.3 is 0 Å². The van der Waals surface area contributed by atoms with Crippen molar-refractivity contribution in [2.45, 2.75) is 6.92 Å². The van der Waals surface area contributed by atoms with Crippen molar-refractivity contribution in [2.24, 2.45) is 0 Å². The minimum absolute atomic E-state index is 0. The van der Waals surface area contributed by atoms with Gasteiger partial charge in [0.1, 0.15) is 0 Å². The van der Waals surface area contributed by atoms with Crippen LogP contribution in [0.3, 0.4) is 0 Å². The van der Waals surface area contributed by atoms with E-state index >= 15 is 0 Å². The summed E-state index contributed by atoms with van der Waals surface area (Å²) in [6.07, 6.45) is 0. The third kappa shape index (κ3) is 12.8. The fraction of sp³-hybridized carbons (Fsp3) is 1.00. The molecule has 0 aliphatic carbocycles. The highest BCUT2D eigenvalue weighted by Crippen LogP contribution is 1.67. The molecule has 1 atom stereocenters. The van der Waals surface area contributed by atoms with Gasteiger partial charge in [-0.3, -0.25) is 0 Å². The van der Waals surface area contributed by atoms with Crippen molar-refractivity contribution < 1.29 is 0 Å². The Bertz CT molecular complexity index is 6.00. The van der Waals surface area contributed by atoms with Gasteiger partial charge in [-0.2, -0.15) is 9.90 Å². The third-order valence-corrected chi connectivity index (χ3v) is 0. The van der Waals surface area contributed by atoms with Crippen molar-refractivity contribution in [3.63, 3.8) is 0 Å². The van der Waals surface area contributed by atoms with Crippen LogP contribution in [0.15, 0.2) is 0 Å². The fourth-order valence-corrected chi connectivity index (χ4v) is 0. The zero-order valence-electron chi connectivity index (χ0n) is 2.79. The van der Waals surface area contributed by atoms with Crippen molar-refractivity contribution in [1.82, 2.24) is 0 Å². The van der Waals surface area contributed by atoms with E-state index in [1.165, 1.54) is 0 Å². The molecular formula is C2H8BrP. The minimum atomic E-state index is 0. The lowest BCUT2D eigenvalue weighted by atomic mass is 11.0. The fourth-order valence-electron chi connectivity index (χ4n) is 0. The van der Waals surface area contributed by atoms with Crippen LogP contribution in [0.25, 0.3) is 0 Å². The van der Waals surface area contributed by atoms with Crippen LogP contribution in [0.4, 0.5) is 0 Å². The Balaban J connectivity index is 0. The van der Waals surface area contributed by atoms with Gasteiger partial charge in [-0.15, -0.1) is 0 Å². The Morgan fingerprint density at radius 3 is 1.75 bits per heavy atom. The first kappa shape index (κ1) is 8.86. The zero-order chi connectivity index (χ0) is 2.71. The van der Waals surface area contributed by atoms with E-state index in [1.807, 2.05) is 6.92 Å². The molecule has 0 saturated heterocycles. The van der Waals surface area contributed by atoms with E-state index in [2.05, 4.69) is 15.9 Å². The van der Waals surface area contributed by atoms with Gasteiger partial charge < -0.3 is 0 Å². The van der Waals surface area contributed by atoms with Crippen LogP contribution in [-0.2, 0) is 0 Å². The Morgan fingerprint density at radius 2 is 1.75 bits per heavy atom. The second kappa shape index (κ2) is 9.08. The first-order valence-electron chi connectivity index (χ1n) is 0.974. The van der Waals surface area contributed by atoms with E-state index in [0.29, 0.717) is 0 Å². The molecule has 0 rings (SSSR count). The smallest absolute Gasteiger partial charge is 0.000281 e. The summed E-state index contributed by atoms with van der Waals surface area (Å²) in [6.45, 7) is 2.04. The summed E-state index contributed by atoms with van der Waals surface area (Å²) in [7, 11) is 0. The molecule has 0 heterocycles. The summed E-state index contributed by atoms with van der Waals surface area (Å²) < 4.78 is 0. The monoisotopic (exact) mass is 142 g/mol. The van der Waals surface area contributed by atoms with Crippen LogP contribution in [0.2, 0.25) is 0 Å².